The Kier molecular flexibility index (Phi) is 5.83. The van der Waals surface area contributed by atoms with Crippen LogP contribution in [0.1, 0.15) is 16.7 Å². The number of benzene rings is 4. The van der Waals surface area contributed by atoms with Gasteiger partial charge in [-0.1, -0.05) is 29.7 Å². The Labute approximate surface area is 191 Å². The average Bonchev–Trinajstić information content (AvgIpc) is 2.71. The highest BCUT2D eigenvalue weighted by atomic mass is 19.4. The van der Waals surface area contributed by atoms with E-state index in [0.717, 1.165) is 30.2 Å². The quantitative estimate of drug-likeness (QED) is 0.206. The molecule has 4 rings (SSSR count). The molecule has 35 heavy (non-hydrogen) atoms. The second kappa shape index (κ2) is 8.41. The molecule has 0 unspecified atom stereocenters. The van der Waals surface area contributed by atoms with Crippen molar-refractivity contribution in [3.63, 3.8) is 0 Å². The summed E-state index contributed by atoms with van der Waals surface area (Å²) >= 11 is 0. The Morgan fingerprint density at radius 1 is 0.714 bits per heavy atom. The summed E-state index contributed by atoms with van der Waals surface area (Å²) in [6.07, 6.45) is -9.53. The molecule has 0 aliphatic heterocycles. The van der Waals surface area contributed by atoms with E-state index >= 15 is 0 Å². The molecule has 0 bridgehead atoms. The molecule has 0 saturated heterocycles. The van der Waals surface area contributed by atoms with Gasteiger partial charge in [0.15, 0.2) is 0 Å². The van der Waals surface area contributed by atoms with Crippen LogP contribution in [0.4, 0.5) is 39.5 Å². The number of ether oxygens (including phenoxy) is 1. The number of hydrogen-bond acceptors (Lipinski definition) is 1. The van der Waals surface area contributed by atoms with Gasteiger partial charge in [0.05, 0.1) is 5.56 Å². The Bertz CT molecular complexity index is 1540. The second-order valence-electron chi connectivity index (χ2n) is 7.57. The monoisotopic (exact) mass is 498 g/mol. The number of hydrogen-bond donors (Lipinski definition) is 0. The van der Waals surface area contributed by atoms with Crippen LogP contribution >= 0.6 is 0 Å². The van der Waals surface area contributed by atoms with Crippen molar-refractivity contribution < 1.29 is 44.3 Å². The molecule has 0 aromatic heterocycles. The molecule has 10 heteroatoms. The number of aryl methyl sites for hydroxylation is 1. The van der Waals surface area contributed by atoms with Gasteiger partial charge in [-0.25, -0.2) is 17.6 Å². The van der Waals surface area contributed by atoms with Crippen LogP contribution in [0.3, 0.4) is 0 Å². The van der Waals surface area contributed by atoms with Crippen LogP contribution in [0.2, 0.25) is 0 Å². The van der Waals surface area contributed by atoms with Gasteiger partial charge in [0.25, 0.3) is 0 Å². The van der Waals surface area contributed by atoms with E-state index in [2.05, 4.69) is 4.74 Å². The van der Waals surface area contributed by atoms with E-state index in [4.69, 9.17) is 0 Å². The third-order valence-corrected chi connectivity index (χ3v) is 5.05. The van der Waals surface area contributed by atoms with E-state index in [9.17, 15) is 39.5 Å². The maximum atomic E-state index is 14.8. The van der Waals surface area contributed by atoms with Gasteiger partial charge >= 0.3 is 12.3 Å². The molecule has 1 nitrogen and oxygen atoms in total. The minimum absolute atomic E-state index is 0.0561. The molecular weight excluding hydrogens is 487 g/mol. The van der Waals surface area contributed by atoms with Gasteiger partial charge in [0.2, 0.25) is 0 Å². The summed E-state index contributed by atoms with van der Waals surface area (Å²) in [4.78, 5) is 0. The molecule has 0 fully saturated rings. The summed E-state index contributed by atoms with van der Waals surface area (Å²) in [6.45, 7) is 1.65. The zero-order valence-electron chi connectivity index (χ0n) is 17.4. The highest BCUT2D eigenvalue weighted by molar-refractivity contribution is 5.86. The van der Waals surface area contributed by atoms with Crippen LogP contribution in [-0.2, 0) is 6.11 Å². The van der Waals surface area contributed by atoms with Gasteiger partial charge in [0.1, 0.15) is 34.6 Å². The van der Waals surface area contributed by atoms with E-state index in [1.165, 1.54) is 24.1 Å². The normalized spacial score (nSPS) is 12.1. The SMILES string of the molecule is Cc1ccc2c(F)c(C(F)(F)Oc3ccc4c(F)c(C#CC(F)(F)F)c(F)cc4c3)c(F)cc2c1. The summed E-state index contributed by atoms with van der Waals surface area (Å²) in [5.41, 5.74) is -2.18. The molecule has 0 atom stereocenters. The van der Waals surface area contributed by atoms with Crippen LogP contribution in [0, 0.1) is 42.0 Å². The Morgan fingerprint density at radius 3 is 2.00 bits per heavy atom. The predicted octanol–water partition coefficient (Wildman–Crippen LogP) is 7.90. The topological polar surface area (TPSA) is 9.23 Å². The first-order valence-electron chi connectivity index (χ1n) is 9.74. The summed E-state index contributed by atoms with van der Waals surface area (Å²) < 4.78 is 129. The van der Waals surface area contributed by atoms with Crippen molar-refractivity contribution in [3.8, 4) is 17.6 Å². The van der Waals surface area contributed by atoms with Crippen LogP contribution < -0.4 is 4.74 Å². The van der Waals surface area contributed by atoms with E-state index < -0.39 is 57.8 Å². The number of fused-ring (bicyclic) bond motifs is 2. The Morgan fingerprint density at radius 2 is 1.31 bits per heavy atom. The third-order valence-electron chi connectivity index (χ3n) is 5.05. The lowest BCUT2D eigenvalue weighted by molar-refractivity contribution is -0.189. The zero-order chi connectivity index (χ0) is 25.7. The Balaban J connectivity index is 1.75. The van der Waals surface area contributed by atoms with Crippen LogP contribution in [0.25, 0.3) is 21.5 Å². The van der Waals surface area contributed by atoms with Crippen LogP contribution in [0.5, 0.6) is 5.75 Å². The molecule has 4 aromatic rings. The first-order valence-corrected chi connectivity index (χ1v) is 9.74. The fourth-order valence-corrected chi connectivity index (χ4v) is 3.54. The average molecular weight is 498 g/mol. The van der Waals surface area contributed by atoms with E-state index in [0.29, 0.717) is 11.6 Å². The summed E-state index contributed by atoms with van der Waals surface area (Å²) in [5, 5.41) is -1.01. The van der Waals surface area contributed by atoms with Crippen LogP contribution in [0.15, 0.2) is 48.5 Å². The highest BCUT2D eigenvalue weighted by Crippen LogP contribution is 2.39. The largest absolute Gasteiger partial charge is 0.458 e. The number of alkyl halides is 5. The maximum Gasteiger partial charge on any atom is 0.458 e. The van der Waals surface area contributed by atoms with Gasteiger partial charge in [-0.15, -0.1) is 0 Å². The lowest BCUT2D eigenvalue weighted by Crippen LogP contribution is -2.25. The lowest BCUT2D eigenvalue weighted by atomic mass is 10.0. The fraction of sp³-hybridized carbons (Fsp3) is 0.120. The van der Waals surface area contributed by atoms with Gasteiger partial charge in [-0.05, 0) is 48.0 Å². The van der Waals surface area contributed by atoms with Gasteiger partial charge in [0, 0.05) is 16.7 Å². The van der Waals surface area contributed by atoms with Crippen molar-refractivity contribution in [1.29, 1.82) is 0 Å². The summed E-state index contributed by atoms with van der Waals surface area (Å²) in [5.74, 6) is -4.65. The van der Waals surface area contributed by atoms with Crippen LogP contribution in [-0.4, -0.2) is 6.18 Å². The molecule has 0 aliphatic carbocycles. The minimum Gasteiger partial charge on any atom is -0.429 e. The van der Waals surface area contributed by atoms with Crippen molar-refractivity contribution in [1.82, 2.24) is 0 Å². The molecule has 0 spiro atoms. The van der Waals surface area contributed by atoms with Crippen molar-refractivity contribution in [3.05, 3.63) is 88.5 Å². The smallest absolute Gasteiger partial charge is 0.429 e. The highest BCUT2D eigenvalue weighted by Gasteiger charge is 2.41. The van der Waals surface area contributed by atoms with Crippen molar-refractivity contribution >= 4 is 21.5 Å². The molecule has 0 amide bonds. The first kappa shape index (κ1) is 24.3. The molecule has 0 N–H and O–H groups in total. The van der Waals surface area contributed by atoms with E-state index in [1.807, 2.05) is 0 Å². The van der Waals surface area contributed by atoms with E-state index in [-0.39, 0.29) is 16.2 Å². The van der Waals surface area contributed by atoms with Crippen molar-refractivity contribution in [2.24, 2.45) is 0 Å². The standard InChI is InChI=1S/C25H11F9O/c1-12-2-4-17-13(8-12)11-20(27)21(23(17)29)25(33,34)35-15-3-5-16-14(9-15)10-19(26)18(22(16)28)6-7-24(30,31)32/h2-5,8-11H,1H3. The molecule has 0 radical (unpaired) electrons. The molecule has 0 heterocycles. The third kappa shape index (κ3) is 4.71. The molecule has 180 valence electrons. The summed E-state index contributed by atoms with van der Waals surface area (Å²) in [6, 6.07) is 7.74. The van der Waals surface area contributed by atoms with E-state index in [1.54, 1.807) is 6.92 Å². The van der Waals surface area contributed by atoms with Crippen molar-refractivity contribution in [2.75, 3.05) is 0 Å². The van der Waals surface area contributed by atoms with Crippen molar-refractivity contribution in [2.45, 2.75) is 19.2 Å². The lowest BCUT2D eigenvalue weighted by Gasteiger charge is -2.20. The fourth-order valence-electron chi connectivity index (χ4n) is 3.54. The van der Waals surface area contributed by atoms with Gasteiger partial charge in [-0.2, -0.15) is 22.0 Å². The predicted molar refractivity (Wildman–Crippen MR) is 110 cm³/mol. The second-order valence-corrected chi connectivity index (χ2v) is 7.57. The maximum absolute atomic E-state index is 14.8. The summed E-state index contributed by atoms with van der Waals surface area (Å²) in [7, 11) is 0. The molecule has 4 aromatic carbocycles. The molecule has 0 saturated carbocycles. The van der Waals surface area contributed by atoms with Gasteiger partial charge < -0.3 is 4.74 Å². The molecular formula is C25H11F9O. The number of halogens is 9. The van der Waals surface area contributed by atoms with Gasteiger partial charge in [-0.3, -0.25) is 0 Å². The first-order chi connectivity index (χ1) is 16.3. The molecule has 0 aliphatic rings. The zero-order valence-corrected chi connectivity index (χ0v) is 17.4. The minimum atomic E-state index is -5.00. The number of rotatable bonds is 3. The Hall–Kier alpha value is -3.87.